The summed E-state index contributed by atoms with van der Waals surface area (Å²) in [6, 6.07) is 11.7. The maximum atomic E-state index is 6.63. The van der Waals surface area contributed by atoms with E-state index in [9.17, 15) is 0 Å². The minimum Gasteiger partial charge on any atom is -0.439 e. The van der Waals surface area contributed by atoms with Crippen LogP contribution in [0.15, 0.2) is 30.3 Å². The molecule has 1 rings (SSSR count). The summed E-state index contributed by atoms with van der Waals surface area (Å²) in [6.45, 7) is 24.1. The molecule has 1 aromatic carbocycles. The van der Waals surface area contributed by atoms with Crippen molar-refractivity contribution in [2.45, 2.75) is 85.1 Å². The van der Waals surface area contributed by atoms with Gasteiger partial charge in [0.1, 0.15) is 0 Å². The fraction of sp³-hybridized carbons (Fsp3) is 0.684. The highest BCUT2D eigenvalue weighted by atomic mass is 28.5. The minimum atomic E-state index is -2.27. The number of hydrogen-bond donors (Lipinski definition) is 0. The second-order valence-electron chi connectivity index (χ2n) is 8.78. The van der Waals surface area contributed by atoms with Crippen LogP contribution in [0.2, 0.25) is 58.4 Å². The minimum absolute atomic E-state index is 0.437. The summed E-state index contributed by atoms with van der Waals surface area (Å²) < 4.78 is 19.5. The molecular formula is C19H42O3Si4. The van der Waals surface area contributed by atoms with Gasteiger partial charge in [-0.25, -0.2) is 0 Å². The molecule has 3 unspecified atom stereocenters. The topological polar surface area (TPSA) is 27.7 Å². The van der Waals surface area contributed by atoms with Gasteiger partial charge in [0.25, 0.3) is 9.28 Å². The first-order chi connectivity index (χ1) is 11.8. The van der Waals surface area contributed by atoms with Crippen molar-refractivity contribution in [3.63, 3.8) is 0 Å². The highest BCUT2D eigenvalue weighted by Gasteiger charge is 2.40. The largest absolute Gasteiger partial charge is 0.439 e. The molecule has 0 amide bonds. The number of benzene rings is 1. The third kappa shape index (κ3) is 11.6. The van der Waals surface area contributed by atoms with Crippen molar-refractivity contribution in [1.29, 1.82) is 0 Å². The predicted molar refractivity (Wildman–Crippen MR) is 126 cm³/mol. The Morgan fingerprint density at radius 3 is 1.77 bits per heavy atom. The van der Waals surface area contributed by atoms with Crippen molar-refractivity contribution < 1.29 is 12.3 Å². The Labute approximate surface area is 167 Å². The molecule has 0 N–H and O–H groups in total. The van der Waals surface area contributed by atoms with E-state index in [1.165, 1.54) is 5.56 Å². The highest BCUT2D eigenvalue weighted by molar-refractivity contribution is 6.85. The summed E-state index contributed by atoms with van der Waals surface area (Å²) in [5, 5.41) is 0. The van der Waals surface area contributed by atoms with Crippen LogP contribution < -0.4 is 0 Å². The zero-order chi connectivity index (χ0) is 20.6. The average Bonchev–Trinajstić information content (AvgIpc) is 2.45. The maximum Gasteiger partial charge on any atom is 0.316 e. The normalized spacial score (nSPS) is 16.9. The molecule has 7 heteroatoms. The molecule has 3 nitrogen and oxygen atoms in total. The molecule has 0 aliphatic rings. The van der Waals surface area contributed by atoms with Crippen molar-refractivity contribution in [2.75, 3.05) is 0 Å². The van der Waals surface area contributed by atoms with Crippen LogP contribution in [0.25, 0.3) is 0 Å². The van der Waals surface area contributed by atoms with Crippen LogP contribution in [-0.2, 0) is 12.3 Å². The average molecular weight is 431 g/mol. The smallest absolute Gasteiger partial charge is 0.316 e. The Bertz CT molecular complexity index is 500. The molecule has 0 heterocycles. The standard InChI is InChI=1S/C17H36O3Si4.C2H6/c1-16(17-13-11-10-12-14-17)15-24(9,20-23(6,7)8)19-21(2)18-22(3,4)5;1-2/h10-14,16,21H,15H2,1-9H3;1-2H3. The van der Waals surface area contributed by atoms with Crippen molar-refractivity contribution in [1.82, 2.24) is 0 Å². The van der Waals surface area contributed by atoms with E-state index in [1.807, 2.05) is 13.8 Å². The lowest BCUT2D eigenvalue weighted by molar-refractivity contribution is 0.340. The lowest BCUT2D eigenvalue weighted by Gasteiger charge is -2.38. The first-order valence-electron chi connectivity index (χ1n) is 9.90. The first kappa shape index (κ1) is 26.0. The van der Waals surface area contributed by atoms with Crippen LogP contribution >= 0.6 is 0 Å². The predicted octanol–water partition coefficient (Wildman–Crippen LogP) is 6.46. The molecule has 0 saturated carbocycles. The second kappa shape index (κ2) is 11.1. The molecule has 3 atom stereocenters. The van der Waals surface area contributed by atoms with Gasteiger partial charge >= 0.3 is 8.56 Å². The van der Waals surface area contributed by atoms with Gasteiger partial charge in [-0.2, -0.15) is 0 Å². The van der Waals surface area contributed by atoms with E-state index < -0.39 is 34.5 Å². The molecule has 0 radical (unpaired) electrons. The van der Waals surface area contributed by atoms with Gasteiger partial charge in [-0.05, 0) is 69.9 Å². The first-order valence-corrected chi connectivity index (χ1v) is 21.3. The van der Waals surface area contributed by atoms with Crippen molar-refractivity contribution in [2.24, 2.45) is 0 Å². The van der Waals surface area contributed by atoms with Crippen molar-refractivity contribution in [3.8, 4) is 0 Å². The van der Waals surface area contributed by atoms with E-state index in [-0.39, 0.29) is 0 Å². The number of hydrogen-bond acceptors (Lipinski definition) is 3. The Morgan fingerprint density at radius 2 is 1.35 bits per heavy atom. The molecule has 0 spiro atoms. The summed E-state index contributed by atoms with van der Waals surface area (Å²) in [5.74, 6) is 0.437. The van der Waals surface area contributed by atoms with Gasteiger partial charge in [0, 0.05) is 0 Å². The molecule has 0 aromatic heterocycles. The van der Waals surface area contributed by atoms with Crippen LogP contribution in [0.4, 0.5) is 0 Å². The Kier molecular flexibility index (Phi) is 11.1. The van der Waals surface area contributed by atoms with Gasteiger partial charge in [0.05, 0.1) is 0 Å². The molecule has 0 fully saturated rings. The maximum absolute atomic E-state index is 6.63. The van der Waals surface area contributed by atoms with Crippen LogP contribution in [-0.4, -0.2) is 34.5 Å². The third-order valence-corrected chi connectivity index (χ3v) is 16.5. The van der Waals surface area contributed by atoms with Gasteiger partial charge in [0.2, 0.25) is 0 Å². The van der Waals surface area contributed by atoms with E-state index in [4.69, 9.17) is 12.3 Å². The van der Waals surface area contributed by atoms with E-state index in [0.29, 0.717) is 5.92 Å². The van der Waals surface area contributed by atoms with Crippen LogP contribution in [0.1, 0.15) is 32.3 Å². The molecule has 0 saturated heterocycles. The van der Waals surface area contributed by atoms with Crippen molar-refractivity contribution >= 4 is 34.5 Å². The van der Waals surface area contributed by atoms with E-state index in [0.717, 1.165) is 6.04 Å². The molecular weight excluding hydrogens is 389 g/mol. The Hall–Kier alpha value is -0.0325. The lowest BCUT2D eigenvalue weighted by Crippen LogP contribution is -2.52. The van der Waals surface area contributed by atoms with Crippen LogP contribution in [0, 0.1) is 0 Å². The zero-order valence-electron chi connectivity index (χ0n) is 19.0. The Morgan fingerprint density at radius 1 is 0.846 bits per heavy atom. The molecule has 1 aromatic rings. The van der Waals surface area contributed by atoms with Crippen LogP contribution in [0.3, 0.4) is 0 Å². The summed E-state index contributed by atoms with van der Waals surface area (Å²) in [5.41, 5.74) is 1.36. The highest BCUT2D eigenvalue weighted by Crippen LogP contribution is 2.30. The molecule has 152 valence electrons. The van der Waals surface area contributed by atoms with E-state index in [2.05, 4.69) is 89.6 Å². The lowest BCUT2D eigenvalue weighted by atomic mass is 10.0. The third-order valence-electron chi connectivity index (χ3n) is 3.50. The fourth-order valence-corrected chi connectivity index (χ4v) is 18.4. The zero-order valence-corrected chi connectivity index (χ0v) is 23.1. The van der Waals surface area contributed by atoms with Crippen LogP contribution in [0.5, 0.6) is 0 Å². The SMILES string of the molecule is CC.CC(C[Si](C)(O[SiH](C)O[Si](C)(C)C)O[Si](C)(C)C)c1ccccc1. The number of rotatable bonds is 9. The molecule has 0 aliphatic heterocycles. The fourth-order valence-electron chi connectivity index (χ4n) is 3.09. The summed E-state index contributed by atoms with van der Waals surface area (Å²) >= 11 is 0. The van der Waals surface area contributed by atoms with Gasteiger partial charge < -0.3 is 12.3 Å². The summed E-state index contributed by atoms with van der Waals surface area (Å²) in [6.07, 6.45) is 0. The quantitative estimate of drug-likeness (QED) is 0.421. The Balaban J connectivity index is 0.00000301. The van der Waals surface area contributed by atoms with Gasteiger partial charge in [0.15, 0.2) is 16.6 Å². The summed E-state index contributed by atoms with van der Waals surface area (Å²) in [4.78, 5) is 0. The molecule has 0 aliphatic carbocycles. The molecule has 0 bridgehead atoms. The monoisotopic (exact) mass is 430 g/mol. The molecule has 26 heavy (non-hydrogen) atoms. The van der Waals surface area contributed by atoms with Crippen molar-refractivity contribution in [3.05, 3.63) is 35.9 Å². The second-order valence-corrected chi connectivity index (χ2v) is 23.7. The summed E-state index contributed by atoms with van der Waals surface area (Å²) in [7, 11) is -7.19. The van der Waals surface area contributed by atoms with Gasteiger partial charge in [-0.15, -0.1) is 0 Å². The van der Waals surface area contributed by atoms with Gasteiger partial charge in [-0.3, -0.25) is 0 Å². The van der Waals surface area contributed by atoms with Gasteiger partial charge in [-0.1, -0.05) is 51.1 Å². The van der Waals surface area contributed by atoms with E-state index >= 15 is 0 Å². The van der Waals surface area contributed by atoms with E-state index in [1.54, 1.807) is 0 Å².